The van der Waals surface area contributed by atoms with Crippen molar-refractivity contribution in [1.29, 1.82) is 0 Å². The Morgan fingerprint density at radius 3 is 2.76 bits per heavy atom. The molecule has 0 aromatic heterocycles. The van der Waals surface area contributed by atoms with Crippen LogP contribution in [-0.2, 0) is 20.8 Å². The Morgan fingerprint density at radius 2 is 2.14 bits per heavy atom. The first-order chi connectivity index (χ1) is 10.2. The Labute approximate surface area is 123 Å². The number of hydrogen-bond acceptors (Lipinski definition) is 5. The molecule has 1 atom stereocenters. The van der Waals surface area contributed by atoms with Crippen LogP contribution in [0.1, 0.15) is 22.3 Å². The van der Waals surface area contributed by atoms with Gasteiger partial charge < -0.3 is 20.1 Å². The molecule has 1 aromatic rings. The highest BCUT2D eigenvalue weighted by molar-refractivity contribution is 5.89. The van der Waals surface area contributed by atoms with Gasteiger partial charge in [0.1, 0.15) is 0 Å². The zero-order valence-corrected chi connectivity index (χ0v) is 12.1. The van der Waals surface area contributed by atoms with Crippen LogP contribution in [0.3, 0.4) is 0 Å². The Morgan fingerprint density at radius 1 is 1.38 bits per heavy atom. The molecule has 1 unspecified atom stereocenters. The maximum atomic E-state index is 11.8. The zero-order chi connectivity index (χ0) is 15.1. The van der Waals surface area contributed by atoms with E-state index in [9.17, 15) is 9.59 Å². The van der Waals surface area contributed by atoms with Gasteiger partial charge in [-0.25, -0.2) is 4.79 Å². The lowest BCUT2D eigenvalue weighted by Gasteiger charge is -2.23. The molecule has 1 amide bonds. The van der Waals surface area contributed by atoms with E-state index in [1.54, 1.807) is 24.3 Å². The summed E-state index contributed by atoms with van der Waals surface area (Å²) in [5.74, 6) is -0.409. The molecule has 6 nitrogen and oxygen atoms in total. The molecule has 1 aromatic carbocycles. The summed E-state index contributed by atoms with van der Waals surface area (Å²) in [6.07, 6.45) is 0.299. The van der Waals surface area contributed by atoms with Crippen molar-refractivity contribution in [2.75, 3.05) is 26.8 Å². The average Bonchev–Trinajstić information content (AvgIpc) is 2.53. The van der Waals surface area contributed by atoms with Crippen LogP contribution in [0.5, 0.6) is 0 Å². The van der Waals surface area contributed by atoms with Crippen LogP contribution in [-0.4, -0.2) is 44.8 Å². The minimum absolute atomic E-state index is 0.0410. The van der Waals surface area contributed by atoms with Crippen LogP contribution in [0.4, 0.5) is 0 Å². The third-order valence-corrected chi connectivity index (χ3v) is 3.28. The predicted molar refractivity (Wildman–Crippen MR) is 76.9 cm³/mol. The van der Waals surface area contributed by atoms with Gasteiger partial charge >= 0.3 is 5.97 Å². The lowest BCUT2D eigenvalue weighted by Crippen LogP contribution is -2.41. The van der Waals surface area contributed by atoms with Crippen molar-refractivity contribution < 1.29 is 19.1 Å². The first-order valence-electron chi connectivity index (χ1n) is 6.95. The fraction of sp³-hybridized carbons (Fsp3) is 0.467. The van der Waals surface area contributed by atoms with Crippen molar-refractivity contribution in [3.63, 3.8) is 0 Å². The first-order valence-corrected chi connectivity index (χ1v) is 6.95. The van der Waals surface area contributed by atoms with Crippen LogP contribution in [0.25, 0.3) is 0 Å². The van der Waals surface area contributed by atoms with Gasteiger partial charge in [-0.3, -0.25) is 4.79 Å². The Balaban J connectivity index is 1.76. The van der Waals surface area contributed by atoms with Gasteiger partial charge in [-0.15, -0.1) is 0 Å². The molecule has 0 spiro atoms. The standard InChI is InChI=1S/C15H20N2O4/c1-20-15(19)12-4-2-11(3-5-12)9-17-14(18)8-13-10-16-6-7-21-13/h2-5,13,16H,6-10H2,1H3,(H,17,18). The lowest BCUT2D eigenvalue weighted by atomic mass is 10.1. The third-order valence-electron chi connectivity index (χ3n) is 3.28. The molecule has 21 heavy (non-hydrogen) atoms. The van der Waals surface area contributed by atoms with Crippen molar-refractivity contribution in [2.24, 2.45) is 0 Å². The molecule has 2 N–H and O–H groups in total. The van der Waals surface area contributed by atoms with Crippen molar-refractivity contribution in [2.45, 2.75) is 19.1 Å². The second-order valence-corrected chi connectivity index (χ2v) is 4.87. The second-order valence-electron chi connectivity index (χ2n) is 4.87. The number of carbonyl (C=O) groups excluding carboxylic acids is 2. The maximum absolute atomic E-state index is 11.8. The molecular weight excluding hydrogens is 272 g/mol. The second kappa shape index (κ2) is 7.75. The number of benzene rings is 1. The van der Waals surface area contributed by atoms with E-state index in [1.807, 2.05) is 0 Å². The summed E-state index contributed by atoms with van der Waals surface area (Å²) in [5.41, 5.74) is 1.42. The fourth-order valence-electron chi connectivity index (χ4n) is 2.11. The van der Waals surface area contributed by atoms with Crippen LogP contribution in [0.15, 0.2) is 24.3 Å². The van der Waals surface area contributed by atoms with Crippen molar-refractivity contribution >= 4 is 11.9 Å². The summed E-state index contributed by atoms with van der Waals surface area (Å²) in [5, 5.41) is 6.03. The third kappa shape index (κ3) is 4.84. The van der Waals surface area contributed by atoms with Crippen molar-refractivity contribution in [3.05, 3.63) is 35.4 Å². The molecular formula is C15H20N2O4. The number of nitrogens with one attached hydrogen (secondary N) is 2. The number of morpholine rings is 1. The van der Waals surface area contributed by atoms with Gasteiger partial charge in [-0.05, 0) is 17.7 Å². The van der Waals surface area contributed by atoms with E-state index in [1.165, 1.54) is 7.11 Å². The topological polar surface area (TPSA) is 76.7 Å². The number of amides is 1. The molecule has 1 aliphatic rings. The van der Waals surface area contributed by atoms with Crippen LogP contribution < -0.4 is 10.6 Å². The number of carbonyl (C=O) groups is 2. The number of ether oxygens (including phenoxy) is 2. The lowest BCUT2D eigenvalue weighted by molar-refractivity contribution is -0.124. The molecule has 6 heteroatoms. The normalized spacial score (nSPS) is 18.0. The highest BCUT2D eigenvalue weighted by atomic mass is 16.5. The number of methoxy groups -OCH3 is 1. The summed E-state index contributed by atoms with van der Waals surface area (Å²) < 4.78 is 10.1. The number of esters is 1. The van der Waals surface area contributed by atoms with Crippen LogP contribution in [0, 0.1) is 0 Å². The molecule has 1 fully saturated rings. The summed E-state index contributed by atoms with van der Waals surface area (Å²) in [4.78, 5) is 23.1. The van der Waals surface area contributed by atoms with E-state index in [0.29, 0.717) is 31.7 Å². The number of rotatable bonds is 5. The van der Waals surface area contributed by atoms with E-state index in [-0.39, 0.29) is 18.0 Å². The molecule has 0 radical (unpaired) electrons. The molecule has 2 rings (SSSR count). The van der Waals surface area contributed by atoms with E-state index in [2.05, 4.69) is 15.4 Å². The van der Waals surface area contributed by atoms with Crippen LogP contribution in [0.2, 0.25) is 0 Å². The fourth-order valence-corrected chi connectivity index (χ4v) is 2.11. The SMILES string of the molecule is COC(=O)c1ccc(CNC(=O)CC2CNCCO2)cc1. The predicted octanol–water partition coefficient (Wildman–Crippen LogP) is 0.468. The van der Waals surface area contributed by atoms with Crippen molar-refractivity contribution in [3.8, 4) is 0 Å². The molecule has 0 bridgehead atoms. The quantitative estimate of drug-likeness (QED) is 0.771. The van der Waals surface area contributed by atoms with Crippen molar-refractivity contribution in [1.82, 2.24) is 10.6 Å². The van der Waals surface area contributed by atoms with E-state index in [4.69, 9.17) is 4.74 Å². The Kier molecular flexibility index (Phi) is 5.71. The summed E-state index contributed by atoms with van der Waals surface area (Å²) in [6.45, 7) is 2.62. The van der Waals surface area contributed by atoms with E-state index in [0.717, 1.165) is 12.1 Å². The Bertz CT molecular complexity index is 481. The zero-order valence-electron chi connectivity index (χ0n) is 12.1. The summed E-state index contributed by atoms with van der Waals surface area (Å²) in [6, 6.07) is 6.96. The average molecular weight is 292 g/mol. The number of hydrogen-bond donors (Lipinski definition) is 2. The molecule has 0 aliphatic carbocycles. The smallest absolute Gasteiger partial charge is 0.337 e. The molecule has 1 saturated heterocycles. The summed E-state index contributed by atoms with van der Waals surface area (Å²) >= 11 is 0. The maximum Gasteiger partial charge on any atom is 0.337 e. The highest BCUT2D eigenvalue weighted by Crippen LogP contribution is 2.06. The van der Waals surface area contributed by atoms with Gasteiger partial charge in [0.15, 0.2) is 0 Å². The van der Waals surface area contributed by atoms with E-state index >= 15 is 0 Å². The van der Waals surface area contributed by atoms with Gasteiger partial charge in [0.05, 0.1) is 31.8 Å². The molecule has 0 saturated carbocycles. The minimum Gasteiger partial charge on any atom is -0.465 e. The van der Waals surface area contributed by atoms with Gasteiger partial charge in [0.2, 0.25) is 5.91 Å². The monoisotopic (exact) mass is 292 g/mol. The highest BCUT2D eigenvalue weighted by Gasteiger charge is 2.17. The van der Waals surface area contributed by atoms with Crippen LogP contribution >= 0.6 is 0 Å². The molecule has 114 valence electrons. The molecule has 1 aliphatic heterocycles. The minimum atomic E-state index is -0.368. The Hall–Kier alpha value is -1.92. The largest absolute Gasteiger partial charge is 0.465 e. The van der Waals surface area contributed by atoms with Gasteiger partial charge in [0, 0.05) is 19.6 Å². The van der Waals surface area contributed by atoms with Gasteiger partial charge in [-0.2, -0.15) is 0 Å². The van der Waals surface area contributed by atoms with Gasteiger partial charge in [0.25, 0.3) is 0 Å². The first kappa shape index (κ1) is 15.5. The van der Waals surface area contributed by atoms with Gasteiger partial charge in [-0.1, -0.05) is 12.1 Å². The molecule has 1 heterocycles. The summed E-state index contributed by atoms with van der Waals surface area (Å²) in [7, 11) is 1.35. The van der Waals surface area contributed by atoms with E-state index < -0.39 is 0 Å².